The number of aryl methyl sites for hydroxylation is 2. The number of nitrogens with zero attached hydrogens (tertiary/aromatic N) is 1. The van der Waals surface area contributed by atoms with E-state index in [4.69, 9.17) is 4.42 Å². The van der Waals surface area contributed by atoms with Gasteiger partial charge in [-0.1, -0.05) is 12.1 Å². The first-order chi connectivity index (χ1) is 8.61. The minimum atomic E-state index is -0.101. The van der Waals surface area contributed by atoms with E-state index in [2.05, 4.69) is 0 Å². The van der Waals surface area contributed by atoms with Crippen molar-refractivity contribution in [2.75, 3.05) is 11.4 Å². The highest BCUT2D eigenvalue weighted by molar-refractivity contribution is 6.04. The number of amides is 1. The monoisotopic (exact) mass is 243 g/mol. The van der Waals surface area contributed by atoms with Gasteiger partial charge in [0.2, 0.25) is 0 Å². The van der Waals surface area contributed by atoms with E-state index in [-0.39, 0.29) is 5.91 Å². The molecular weight excluding hydrogens is 226 g/mol. The Bertz CT molecular complexity index is 557. The zero-order chi connectivity index (χ0) is 13.1. The number of hydrogen-bond donors (Lipinski definition) is 0. The van der Waals surface area contributed by atoms with Crippen LogP contribution in [-0.4, -0.2) is 12.5 Å². The van der Waals surface area contributed by atoms with Gasteiger partial charge in [-0.2, -0.15) is 0 Å². The molecule has 18 heavy (non-hydrogen) atoms. The van der Waals surface area contributed by atoms with Crippen LogP contribution in [0.15, 0.2) is 40.8 Å². The van der Waals surface area contributed by atoms with Crippen LogP contribution in [0.2, 0.25) is 0 Å². The van der Waals surface area contributed by atoms with Gasteiger partial charge in [0.25, 0.3) is 5.91 Å². The standard InChI is InChI=1S/C15H17NO2/c1-4-16(13-7-5-6-11(2)10-13)15(17)14-9-8-12(3)18-14/h5-10H,4H2,1-3H3. The van der Waals surface area contributed by atoms with E-state index in [9.17, 15) is 4.79 Å². The molecule has 2 aromatic rings. The third-order valence-corrected chi connectivity index (χ3v) is 2.83. The third-order valence-electron chi connectivity index (χ3n) is 2.83. The summed E-state index contributed by atoms with van der Waals surface area (Å²) in [6.07, 6.45) is 0. The maximum absolute atomic E-state index is 12.3. The lowest BCUT2D eigenvalue weighted by molar-refractivity contribution is 0.0960. The highest BCUT2D eigenvalue weighted by atomic mass is 16.3. The van der Waals surface area contributed by atoms with Gasteiger partial charge in [-0.25, -0.2) is 0 Å². The largest absolute Gasteiger partial charge is 0.456 e. The molecule has 1 heterocycles. The van der Waals surface area contributed by atoms with E-state index in [1.807, 2.05) is 45.0 Å². The molecule has 0 aliphatic heterocycles. The highest BCUT2D eigenvalue weighted by Gasteiger charge is 2.18. The molecule has 0 aliphatic rings. The summed E-state index contributed by atoms with van der Waals surface area (Å²) in [6.45, 7) is 6.41. The zero-order valence-electron chi connectivity index (χ0n) is 10.9. The molecular formula is C15H17NO2. The van der Waals surface area contributed by atoms with Crippen molar-refractivity contribution in [1.82, 2.24) is 0 Å². The molecule has 0 saturated heterocycles. The van der Waals surface area contributed by atoms with Gasteiger partial charge in [-0.05, 0) is 50.6 Å². The van der Waals surface area contributed by atoms with Gasteiger partial charge in [0.05, 0.1) is 0 Å². The molecule has 0 saturated carbocycles. The lowest BCUT2D eigenvalue weighted by Crippen LogP contribution is -2.30. The molecule has 0 atom stereocenters. The molecule has 1 aromatic carbocycles. The Morgan fingerprint density at radius 2 is 2.00 bits per heavy atom. The van der Waals surface area contributed by atoms with E-state index in [0.29, 0.717) is 12.3 Å². The molecule has 0 radical (unpaired) electrons. The minimum absolute atomic E-state index is 0.101. The summed E-state index contributed by atoms with van der Waals surface area (Å²) in [5, 5.41) is 0. The number of furan rings is 1. The van der Waals surface area contributed by atoms with Crippen LogP contribution in [0.5, 0.6) is 0 Å². The summed E-state index contributed by atoms with van der Waals surface area (Å²) in [5.74, 6) is 1.03. The third kappa shape index (κ3) is 2.45. The van der Waals surface area contributed by atoms with Crippen molar-refractivity contribution in [3.05, 3.63) is 53.5 Å². The Hall–Kier alpha value is -2.03. The molecule has 0 aliphatic carbocycles. The molecule has 3 heteroatoms. The molecule has 0 fully saturated rings. The van der Waals surface area contributed by atoms with Crippen molar-refractivity contribution in [1.29, 1.82) is 0 Å². The van der Waals surface area contributed by atoms with Crippen LogP contribution in [0.3, 0.4) is 0 Å². The number of rotatable bonds is 3. The van der Waals surface area contributed by atoms with Crippen molar-refractivity contribution in [2.45, 2.75) is 20.8 Å². The van der Waals surface area contributed by atoms with Crippen LogP contribution in [0.25, 0.3) is 0 Å². The van der Waals surface area contributed by atoms with Gasteiger partial charge in [-0.3, -0.25) is 4.79 Å². The summed E-state index contributed by atoms with van der Waals surface area (Å²) in [6, 6.07) is 11.4. The summed E-state index contributed by atoms with van der Waals surface area (Å²) >= 11 is 0. The normalized spacial score (nSPS) is 10.4. The van der Waals surface area contributed by atoms with Gasteiger partial charge in [0.1, 0.15) is 5.76 Å². The van der Waals surface area contributed by atoms with Crippen LogP contribution in [-0.2, 0) is 0 Å². The first kappa shape index (κ1) is 12.4. The molecule has 2 rings (SSSR count). The van der Waals surface area contributed by atoms with E-state index in [1.165, 1.54) is 0 Å². The summed E-state index contributed by atoms with van der Waals surface area (Å²) in [7, 11) is 0. The second-order valence-corrected chi connectivity index (χ2v) is 4.30. The van der Waals surface area contributed by atoms with Crippen molar-refractivity contribution in [3.8, 4) is 0 Å². The zero-order valence-corrected chi connectivity index (χ0v) is 10.9. The van der Waals surface area contributed by atoms with Gasteiger partial charge >= 0.3 is 0 Å². The number of benzene rings is 1. The first-order valence-corrected chi connectivity index (χ1v) is 6.06. The lowest BCUT2D eigenvalue weighted by Gasteiger charge is -2.20. The Morgan fingerprint density at radius 1 is 1.22 bits per heavy atom. The summed E-state index contributed by atoms with van der Waals surface area (Å²) < 4.78 is 5.39. The van der Waals surface area contributed by atoms with E-state index < -0.39 is 0 Å². The average molecular weight is 243 g/mol. The fourth-order valence-corrected chi connectivity index (χ4v) is 1.92. The number of hydrogen-bond acceptors (Lipinski definition) is 2. The van der Waals surface area contributed by atoms with Crippen molar-refractivity contribution >= 4 is 11.6 Å². The molecule has 3 nitrogen and oxygen atoms in total. The van der Waals surface area contributed by atoms with E-state index >= 15 is 0 Å². The molecule has 0 N–H and O–H groups in total. The predicted molar refractivity (Wildman–Crippen MR) is 72.0 cm³/mol. The Balaban J connectivity index is 2.31. The van der Waals surface area contributed by atoms with Gasteiger partial charge in [0, 0.05) is 12.2 Å². The highest BCUT2D eigenvalue weighted by Crippen LogP contribution is 2.19. The number of carbonyl (C=O) groups excluding carboxylic acids is 1. The molecule has 0 unspecified atom stereocenters. The van der Waals surface area contributed by atoms with Crippen LogP contribution in [0.1, 0.15) is 28.8 Å². The maximum atomic E-state index is 12.3. The average Bonchev–Trinajstić information content (AvgIpc) is 2.77. The number of anilines is 1. The molecule has 94 valence electrons. The van der Waals surface area contributed by atoms with Crippen LogP contribution >= 0.6 is 0 Å². The lowest BCUT2D eigenvalue weighted by atomic mass is 10.2. The smallest absolute Gasteiger partial charge is 0.293 e. The van der Waals surface area contributed by atoms with Gasteiger partial charge in [-0.15, -0.1) is 0 Å². The Kier molecular flexibility index (Phi) is 3.51. The van der Waals surface area contributed by atoms with E-state index in [0.717, 1.165) is 17.0 Å². The van der Waals surface area contributed by atoms with Crippen LogP contribution in [0.4, 0.5) is 5.69 Å². The molecule has 0 spiro atoms. The number of carbonyl (C=O) groups is 1. The first-order valence-electron chi connectivity index (χ1n) is 6.06. The fraction of sp³-hybridized carbons (Fsp3) is 0.267. The topological polar surface area (TPSA) is 33.5 Å². The molecule has 0 bridgehead atoms. The quantitative estimate of drug-likeness (QED) is 0.825. The summed E-state index contributed by atoms with van der Waals surface area (Å²) in [4.78, 5) is 14.0. The summed E-state index contributed by atoms with van der Waals surface area (Å²) in [5.41, 5.74) is 2.03. The second-order valence-electron chi connectivity index (χ2n) is 4.30. The Morgan fingerprint density at radius 3 is 2.56 bits per heavy atom. The molecule has 1 amide bonds. The van der Waals surface area contributed by atoms with Gasteiger partial charge in [0.15, 0.2) is 5.76 Å². The van der Waals surface area contributed by atoms with Crippen molar-refractivity contribution < 1.29 is 9.21 Å². The molecule has 1 aromatic heterocycles. The van der Waals surface area contributed by atoms with Crippen molar-refractivity contribution in [2.24, 2.45) is 0 Å². The van der Waals surface area contributed by atoms with Gasteiger partial charge < -0.3 is 9.32 Å². The van der Waals surface area contributed by atoms with Crippen LogP contribution in [0, 0.1) is 13.8 Å². The SMILES string of the molecule is CCN(C(=O)c1ccc(C)o1)c1cccc(C)c1. The second kappa shape index (κ2) is 5.08. The maximum Gasteiger partial charge on any atom is 0.293 e. The van der Waals surface area contributed by atoms with E-state index in [1.54, 1.807) is 17.0 Å². The van der Waals surface area contributed by atoms with Crippen molar-refractivity contribution in [3.63, 3.8) is 0 Å². The predicted octanol–water partition coefficient (Wildman–Crippen LogP) is 3.56. The Labute approximate surface area is 107 Å². The fourth-order valence-electron chi connectivity index (χ4n) is 1.92. The minimum Gasteiger partial charge on any atom is -0.456 e. The van der Waals surface area contributed by atoms with Crippen LogP contribution < -0.4 is 4.90 Å².